The molecule has 4 aromatic rings. The van der Waals surface area contributed by atoms with Crippen LogP contribution in [0.3, 0.4) is 0 Å². The summed E-state index contributed by atoms with van der Waals surface area (Å²) in [5.41, 5.74) is 9.93. The summed E-state index contributed by atoms with van der Waals surface area (Å²) in [7, 11) is 0. The first-order valence-corrected chi connectivity index (χ1v) is 9.14. The summed E-state index contributed by atoms with van der Waals surface area (Å²) in [4.78, 5) is 4.41. The highest BCUT2D eigenvalue weighted by Crippen LogP contribution is 2.62. The maximum Gasteiger partial charge on any atom is 0.0727 e. The SMILES string of the molecule is Clc1ccc2c(c1)C1(c3ccccc3-c3ccccc31)c1ccncc1-2. The van der Waals surface area contributed by atoms with Gasteiger partial charge in [-0.3, -0.25) is 4.98 Å². The smallest absolute Gasteiger partial charge is 0.0727 e. The van der Waals surface area contributed by atoms with E-state index < -0.39 is 0 Å². The minimum absolute atomic E-state index is 0.314. The van der Waals surface area contributed by atoms with E-state index in [1.807, 2.05) is 18.5 Å². The van der Waals surface area contributed by atoms with Gasteiger partial charge in [0.1, 0.15) is 0 Å². The Kier molecular flexibility index (Phi) is 2.66. The van der Waals surface area contributed by atoms with Gasteiger partial charge in [-0.15, -0.1) is 0 Å². The third-order valence-electron chi connectivity index (χ3n) is 5.85. The first kappa shape index (κ1) is 14.3. The third kappa shape index (κ3) is 1.51. The minimum atomic E-state index is -0.314. The van der Waals surface area contributed by atoms with Crippen molar-refractivity contribution >= 4 is 11.6 Å². The van der Waals surface area contributed by atoms with Gasteiger partial charge in [0.05, 0.1) is 5.41 Å². The van der Waals surface area contributed by atoms with Crippen LogP contribution >= 0.6 is 11.6 Å². The van der Waals surface area contributed by atoms with E-state index in [1.54, 1.807) is 0 Å². The van der Waals surface area contributed by atoms with Crippen molar-refractivity contribution in [3.05, 3.63) is 112 Å². The molecule has 6 rings (SSSR count). The number of hydrogen-bond acceptors (Lipinski definition) is 1. The fourth-order valence-electron chi connectivity index (χ4n) is 4.96. The lowest BCUT2D eigenvalue weighted by Crippen LogP contribution is -2.25. The van der Waals surface area contributed by atoms with Crippen LogP contribution in [0.15, 0.2) is 85.2 Å². The molecule has 0 aliphatic heterocycles. The normalized spacial score (nSPS) is 14.7. The summed E-state index contributed by atoms with van der Waals surface area (Å²) in [6, 6.07) is 25.9. The lowest BCUT2D eigenvalue weighted by atomic mass is 9.71. The largest absolute Gasteiger partial charge is 0.264 e. The molecule has 0 atom stereocenters. The molecule has 2 aliphatic carbocycles. The van der Waals surface area contributed by atoms with Crippen LogP contribution in [0.25, 0.3) is 22.3 Å². The molecule has 0 radical (unpaired) electrons. The highest BCUT2D eigenvalue weighted by molar-refractivity contribution is 6.30. The zero-order valence-corrected chi connectivity index (χ0v) is 14.7. The second-order valence-corrected chi connectivity index (χ2v) is 7.39. The summed E-state index contributed by atoms with van der Waals surface area (Å²) in [6.07, 6.45) is 3.89. The predicted molar refractivity (Wildman–Crippen MR) is 106 cm³/mol. The maximum atomic E-state index is 6.47. The molecular formula is C24H14ClN. The minimum Gasteiger partial charge on any atom is -0.264 e. The number of pyridine rings is 1. The molecule has 1 heterocycles. The highest BCUT2D eigenvalue weighted by atomic mass is 35.5. The van der Waals surface area contributed by atoms with Crippen LogP contribution in [-0.4, -0.2) is 4.98 Å². The fourth-order valence-corrected chi connectivity index (χ4v) is 5.13. The van der Waals surface area contributed by atoms with Gasteiger partial charge in [0.2, 0.25) is 0 Å². The number of rotatable bonds is 0. The zero-order chi connectivity index (χ0) is 17.3. The summed E-state index contributed by atoms with van der Waals surface area (Å²) in [5, 5.41) is 0.769. The van der Waals surface area contributed by atoms with Crippen LogP contribution in [0.5, 0.6) is 0 Å². The molecule has 0 saturated carbocycles. The van der Waals surface area contributed by atoms with Crippen molar-refractivity contribution in [2.24, 2.45) is 0 Å². The van der Waals surface area contributed by atoms with Gasteiger partial charge in [-0.05, 0) is 57.1 Å². The van der Waals surface area contributed by atoms with E-state index in [2.05, 4.69) is 71.7 Å². The van der Waals surface area contributed by atoms with E-state index in [4.69, 9.17) is 11.6 Å². The van der Waals surface area contributed by atoms with Crippen LogP contribution < -0.4 is 0 Å². The van der Waals surface area contributed by atoms with Gasteiger partial charge in [-0.1, -0.05) is 66.2 Å². The molecule has 2 aliphatic rings. The van der Waals surface area contributed by atoms with Crippen LogP contribution in [-0.2, 0) is 5.41 Å². The molecular weight excluding hydrogens is 338 g/mol. The Hall–Kier alpha value is -2.90. The number of fused-ring (bicyclic) bond motifs is 10. The number of benzene rings is 3. The quantitative estimate of drug-likeness (QED) is 0.323. The van der Waals surface area contributed by atoms with Gasteiger partial charge in [0.15, 0.2) is 0 Å². The number of hydrogen-bond donors (Lipinski definition) is 0. The summed E-state index contributed by atoms with van der Waals surface area (Å²) >= 11 is 6.47. The fraction of sp³-hybridized carbons (Fsp3) is 0.0417. The molecule has 3 aromatic carbocycles. The molecule has 1 spiro atoms. The molecule has 1 nitrogen and oxygen atoms in total. The second-order valence-electron chi connectivity index (χ2n) is 6.95. The molecule has 0 bridgehead atoms. The monoisotopic (exact) mass is 351 g/mol. The van der Waals surface area contributed by atoms with E-state index in [0.717, 1.165) is 5.02 Å². The Balaban J connectivity index is 1.88. The van der Waals surface area contributed by atoms with Crippen molar-refractivity contribution in [3.8, 4) is 22.3 Å². The van der Waals surface area contributed by atoms with E-state index in [9.17, 15) is 0 Å². The molecule has 0 N–H and O–H groups in total. The number of halogens is 1. The average Bonchev–Trinajstić information content (AvgIpc) is 3.15. The summed E-state index contributed by atoms with van der Waals surface area (Å²) in [5.74, 6) is 0. The Bertz CT molecular complexity index is 1140. The summed E-state index contributed by atoms with van der Waals surface area (Å²) < 4.78 is 0. The Morgan fingerprint density at radius 3 is 1.96 bits per heavy atom. The lowest BCUT2D eigenvalue weighted by molar-refractivity contribution is 0.792. The molecule has 0 unspecified atom stereocenters. The standard InChI is InChI=1S/C24H14ClN/c25-15-9-10-18-19-14-26-12-11-22(19)24(23(18)13-15)20-7-3-1-5-16(20)17-6-2-4-8-21(17)24/h1-14H. The molecule has 122 valence electrons. The van der Waals surface area contributed by atoms with Gasteiger partial charge in [-0.2, -0.15) is 0 Å². The van der Waals surface area contributed by atoms with E-state index in [0.29, 0.717) is 0 Å². The third-order valence-corrected chi connectivity index (χ3v) is 6.09. The predicted octanol–water partition coefficient (Wildman–Crippen LogP) is 6.08. The van der Waals surface area contributed by atoms with Gasteiger partial charge >= 0.3 is 0 Å². The molecule has 0 saturated heterocycles. The lowest BCUT2D eigenvalue weighted by Gasteiger charge is -2.30. The van der Waals surface area contributed by atoms with Crippen LogP contribution in [0.4, 0.5) is 0 Å². The van der Waals surface area contributed by atoms with E-state index in [1.165, 1.54) is 44.5 Å². The zero-order valence-electron chi connectivity index (χ0n) is 13.9. The van der Waals surface area contributed by atoms with Gasteiger partial charge in [-0.25, -0.2) is 0 Å². The highest BCUT2D eigenvalue weighted by Gasteiger charge is 2.51. The van der Waals surface area contributed by atoms with Crippen LogP contribution in [0, 0.1) is 0 Å². The van der Waals surface area contributed by atoms with Crippen molar-refractivity contribution in [2.45, 2.75) is 5.41 Å². The van der Waals surface area contributed by atoms with E-state index >= 15 is 0 Å². The average molecular weight is 352 g/mol. The molecule has 26 heavy (non-hydrogen) atoms. The van der Waals surface area contributed by atoms with Gasteiger partial charge < -0.3 is 0 Å². The Labute approximate surface area is 156 Å². The topological polar surface area (TPSA) is 12.9 Å². The van der Waals surface area contributed by atoms with Gasteiger partial charge in [0.25, 0.3) is 0 Å². The maximum absolute atomic E-state index is 6.47. The Morgan fingerprint density at radius 2 is 1.23 bits per heavy atom. The van der Waals surface area contributed by atoms with Crippen LogP contribution in [0.1, 0.15) is 22.3 Å². The molecule has 2 heteroatoms. The van der Waals surface area contributed by atoms with Crippen molar-refractivity contribution in [1.82, 2.24) is 4.98 Å². The number of aromatic nitrogens is 1. The Morgan fingerprint density at radius 1 is 0.615 bits per heavy atom. The van der Waals surface area contributed by atoms with Crippen molar-refractivity contribution in [1.29, 1.82) is 0 Å². The van der Waals surface area contributed by atoms with Crippen molar-refractivity contribution < 1.29 is 0 Å². The molecule has 0 amide bonds. The first-order valence-electron chi connectivity index (χ1n) is 8.76. The molecule has 0 fully saturated rings. The molecule has 1 aromatic heterocycles. The number of nitrogens with zero attached hydrogens (tertiary/aromatic N) is 1. The van der Waals surface area contributed by atoms with Gasteiger partial charge in [0, 0.05) is 23.0 Å². The summed E-state index contributed by atoms with van der Waals surface area (Å²) in [6.45, 7) is 0. The second kappa shape index (κ2) is 4.84. The van der Waals surface area contributed by atoms with Crippen molar-refractivity contribution in [3.63, 3.8) is 0 Å². The van der Waals surface area contributed by atoms with Crippen molar-refractivity contribution in [2.75, 3.05) is 0 Å². The van der Waals surface area contributed by atoms with E-state index in [-0.39, 0.29) is 5.41 Å². The first-order chi connectivity index (χ1) is 12.8. The van der Waals surface area contributed by atoms with Crippen LogP contribution in [0.2, 0.25) is 5.02 Å².